The Morgan fingerprint density at radius 2 is 1.80 bits per heavy atom. The summed E-state index contributed by atoms with van der Waals surface area (Å²) in [5.74, 6) is 1.01. The van der Waals surface area contributed by atoms with E-state index in [9.17, 15) is 4.79 Å². The van der Waals surface area contributed by atoms with Gasteiger partial charge < -0.3 is 14.4 Å². The van der Waals surface area contributed by atoms with E-state index in [0.717, 1.165) is 64.2 Å². The van der Waals surface area contributed by atoms with E-state index in [4.69, 9.17) is 9.47 Å². The minimum absolute atomic E-state index is 0.121. The Morgan fingerprint density at radius 1 is 1.00 bits per heavy atom. The lowest BCUT2D eigenvalue weighted by Crippen LogP contribution is -2.55. The van der Waals surface area contributed by atoms with E-state index in [1.54, 1.807) is 7.11 Å². The van der Waals surface area contributed by atoms with Gasteiger partial charge in [-0.3, -0.25) is 9.69 Å². The van der Waals surface area contributed by atoms with E-state index in [1.807, 2.05) is 23.1 Å². The zero-order valence-corrected chi connectivity index (χ0v) is 17.9. The fraction of sp³-hybridized carbons (Fsp3) is 0.480. The second kappa shape index (κ2) is 9.63. The van der Waals surface area contributed by atoms with Crippen molar-refractivity contribution in [1.82, 2.24) is 9.80 Å². The number of hydrogen-bond acceptors (Lipinski definition) is 4. The molecular weight excluding hydrogens is 376 g/mol. The third-order valence-corrected chi connectivity index (χ3v) is 6.40. The van der Waals surface area contributed by atoms with E-state index < -0.39 is 0 Å². The molecule has 0 aliphatic carbocycles. The average Bonchev–Trinajstić information content (AvgIpc) is 2.98. The van der Waals surface area contributed by atoms with Crippen LogP contribution in [0.2, 0.25) is 0 Å². The minimum atomic E-state index is -0.195. The maximum absolute atomic E-state index is 12.5. The molecule has 2 fully saturated rings. The number of amides is 1. The van der Waals surface area contributed by atoms with E-state index in [0.29, 0.717) is 0 Å². The van der Waals surface area contributed by atoms with E-state index in [1.165, 1.54) is 11.1 Å². The van der Waals surface area contributed by atoms with Crippen molar-refractivity contribution in [3.63, 3.8) is 0 Å². The molecule has 30 heavy (non-hydrogen) atoms. The molecule has 0 N–H and O–H groups in total. The molecule has 1 atom stereocenters. The monoisotopic (exact) mass is 408 g/mol. The highest BCUT2D eigenvalue weighted by Gasteiger charge is 2.40. The minimum Gasteiger partial charge on any atom is -0.497 e. The number of hydrogen-bond donors (Lipinski definition) is 0. The van der Waals surface area contributed by atoms with E-state index in [-0.39, 0.29) is 18.1 Å². The van der Waals surface area contributed by atoms with Crippen molar-refractivity contribution in [1.29, 1.82) is 0 Å². The lowest BCUT2D eigenvalue weighted by atomic mass is 9.92. The van der Waals surface area contributed by atoms with Gasteiger partial charge in [-0.15, -0.1) is 0 Å². The van der Waals surface area contributed by atoms with Crippen LogP contribution >= 0.6 is 0 Å². The summed E-state index contributed by atoms with van der Waals surface area (Å²) < 4.78 is 11.4. The van der Waals surface area contributed by atoms with Gasteiger partial charge in [0, 0.05) is 26.2 Å². The molecule has 160 valence electrons. The second-order valence-corrected chi connectivity index (χ2v) is 8.50. The van der Waals surface area contributed by atoms with Crippen molar-refractivity contribution in [3.8, 4) is 5.75 Å². The molecule has 5 nitrogen and oxygen atoms in total. The lowest BCUT2D eigenvalue weighted by molar-refractivity contribution is -0.165. The van der Waals surface area contributed by atoms with Gasteiger partial charge in [-0.1, -0.05) is 42.5 Å². The maximum Gasteiger partial charge on any atom is 0.248 e. The van der Waals surface area contributed by atoms with Crippen LogP contribution < -0.4 is 4.74 Å². The van der Waals surface area contributed by atoms with Crippen LogP contribution in [0.1, 0.15) is 30.4 Å². The Hall–Kier alpha value is -2.37. The first-order valence-corrected chi connectivity index (χ1v) is 11.0. The highest BCUT2D eigenvalue weighted by atomic mass is 16.5. The van der Waals surface area contributed by atoms with E-state index >= 15 is 0 Å². The first-order valence-electron chi connectivity index (χ1n) is 11.0. The molecule has 0 unspecified atom stereocenters. The third kappa shape index (κ3) is 5.21. The summed E-state index contributed by atoms with van der Waals surface area (Å²) in [4.78, 5) is 17.0. The summed E-state index contributed by atoms with van der Waals surface area (Å²) in [6.45, 7) is 4.70. The van der Waals surface area contributed by atoms with Gasteiger partial charge in [-0.2, -0.15) is 0 Å². The highest BCUT2D eigenvalue weighted by Crippen LogP contribution is 2.31. The Labute approximate surface area is 179 Å². The standard InChI is InChI=1S/C25H32N2O3/c1-29-23-10-8-22(9-11-23)18-26-15-5-13-25(14-17-26)20-27(24(28)19-30-25)16-12-21-6-3-2-4-7-21/h2-4,6-11H,5,12-20H2,1H3/t25-/m0/s1. The average molecular weight is 409 g/mol. The molecule has 2 saturated heterocycles. The Morgan fingerprint density at radius 3 is 2.57 bits per heavy atom. The molecule has 2 aliphatic heterocycles. The summed E-state index contributed by atoms with van der Waals surface area (Å²) in [7, 11) is 1.70. The summed E-state index contributed by atoms with van der Waals surface area (Å²) in [6.07, 6.45) is 3.97. The number of ether oxygens (including phenoxy) is 2. The molecule has 1 amide bonds. The number of morpholine rings is 1. The van der Waals surface area contributed by atoms with E-state index in [2.05, 4.69) is 41.3 Å². The number of methoxy groups -OCH3 is 1. The van der Waals surface area contributed by atoms with Gasteiger partial charge in [0.1, 0.15) is 12.4 Å². The third-order valence-electron chi connectivity index (χ3n) is 6.40. The van der Waals surface area contributed by atoms with Crippen LogP contribution in [0.15, 0.2) is 54.6 Å². The van der Waals surface area contributed by atoms with Gasteiger partial charge in [0.15, 0.2) is 0 Å². The molecule has 5 heteroatoms. The number of rotatable bonds is 6. The van der Waals surface area contributed by atoms with Crippen LogP contribution in [0.3, 0.4) is 0 Å². The first kappa shape index (κ1) is 20.9. The van der Waals surface area contributed by atoms with Gasteiger partial charge in [0.05, 0.1) is 12.7 Å². The quantitative estimate of drug-likeness (QED) is 0.733. The van der Waals surface area contributed by atoms with Crippen LogP contribution in [0.4, 0.5) is 0 Å². The summed E-state index contributed by atoms with van der Waals surface area (Å²) >= 11 is 0. The number of carbonyl (C=O) groups is 1. The smallest absolute Gasteiger partial charge is 0.248 e. The summed E-state index contributed by atoms with van der Waals surface area (Å²) in [6, 6.07) is 18.7. The topological polar surface area (TPSA) is 42.0 Å². The van der Waals surface area contributed by atoms with Crippen molar-refractivity contribution in [3.05, 3.63) is 65.7 Å². The predicted molar refractivity (Wildman–Crippen MR) is 118 cm³/mol. The number of likely N-dealkylation sites (tertiary alicyclic amines) is 1. The molecule has 0 aromatic heterocycles. The molecule has 0 radical (unpaired) electrons. The molecule has 2 aromatic carbocycles. The highest BCUT2D eigenvalue weighted by molar-refractivity contribution is 5.78. The molecular formula is C25H32N2O3. The predicted octanol–water partition coefficient (Wildman–Crippen LogP) is 3.52. The summed E-state index contributed by atoms with van der Waals surface area (Å²) in [5.41, 5.74) is 2.38. The molecule has 4 rings (SSSR count). The van der Waals surface area contributed by atoms with Gasteiger partial charge in [-0.05, 0) is 55.5 Å². The molecule has 2 aromatic rings. The van der Waals surface area contributed by atoms with Crippen LogP contribution in [0.5, 0.6) is 5.75 Å². The fourth-order valence-electron chi connectivity index (χ4n) is 4.57. The van der Waals surface area contributed by atoms with Gasteiger partial charge >= 0.3 is 0 Å². The second-order valence-electron chi connectivity index (χ2n) is 8.50. The number of nitrogens with zero attached hydrogens (tertiary/aromatic N) is 2. The largest absolute Gasteiger partial charge is 0.497 e. The van der Waals surface area contributed by atoms with Crippen molar-refractivity contribution in [2.75, 3.05) is 39.9 Å². The van der Waals surface area contributed by atoms with Crippen molar-refractivity contribution < 1.29 is 14.3 Å². The molecule has 2 aliphatic rings. The molecule has 0 bridgehead atoms. The van der Waals surface area contributed by atoms with Gasteiger partial charge in [0.25, 0.3) is 0 Å². The maximum atomic E-state index is 12.5. The fourth-order valence-corrected chi connectivity index (χ4v) is 4.57. The Balaban J connectivity index is 1.33. The van der Waals surface area contributed by atoms with Crippen LogP contribution in [-0.4, -0.2) is 61.2 Å². The van der Waals surface area contributed by atoms with Crippen LogP contribution in [0, 0.1) is 0 Å². The van der Waals surface area contributed by atoms with Crippen LogP contribution in [-0.2, 0) is 22.5 Å². The molecule has 2 heterocycles. The molecule has 1 spiro atoms. The Kier molecular flexibility index (Phi) is 6.70. The summed E-state index contributed by atoms with van der Waals surface area (Å²) in [5, 5.41) is 0. The SMILES string of the molecule is COc1ccc(CN2CCC[C@]3(CC2)CN(CCc2ccccc2)C(=O)CO3)cc1. The zero-order valence-electron chi connectivity index (χ0n) is 17.9. The van der Waals surface area contributed by atoms with Gasteiger partial charge in [0.2, 0.25) is 5.91 Å². The van der Waals surface area contributed by atoms with Crippen molar-refractivity contribution >= 4 is 5.91 Å². The van der Waals surface area contributed by atoms with Gasteiger partial charge in [-0.25, -0.2) is 0 Å². The Bertz CT molecular complexity index is 824. The van der Waals surface area contributed by atoms with Crippen molar-refractivity contribution in [2.24, 2.45) is 0 Å². The lowest BCUT2D eigenvalue weighted by Gasteiger charge is -2.42. The van der Waals surface area contributed by atoms with Crippen LogP contribution in [0.25, 0.3) is 0 Å². The normalized spacial score (nSPS) is 22.8. The van der Waals surface area contributed by atoms with Crippen molar-refractivity contribution in [2.45, 2.75) is 37.8 Å². The number of benzene rings is 2. The first-order chi connectivity index (χ1) is 14.7. The molecule has 0 saturated carbocycles. The number of carbonyl (C=O) groups excluding carboxylic acids is 1. The zero-order chi connectivity index (χ0) is 20.8.